The van der Waals surface area contributed by atoms with Gasteiger partial charge in [-0.15, -0.1) is 0 Å². The van der Waals surface area contributed by atoms with Crippen molar-refractivity contribution in [1.29, 1.82) is 0 Å². The summed E-state index contributed by atoms with van der Waals surface area (Å²) in [7, 11) is 0. The SMILES string of the molecule is O=C1C(=O)N(CCN2CCOCC2)[C@@H](c2ccccc2)C1=C(O)c1ccccc1. The number of ketones is 1. The summed E-state index contributed by atoms with van der Waals surface area (Å²) in [5.41, 5.74) is 1.49. The molecule has 2 fully saturated rings. The van der Waals surface area contributed by atoms with Crippen LogP contribution in [-0.4, -0.2) is 66.0 Å². The van der Waals surface area contributed by atoms with Crippen molar-refractivity contribution in [2.45, 2.75) is 6.04 Å². The highest BCUT2D eigenvalue weighted by atomic mass is 16.5. The largest absolute Gasteiger partial charge is 0.507 e. The summed E-state index contributed by atoms with van der Waals surface area (Å²) in [4.78, 5) is 29.6. The van der Waals surface area contributed by atoms with Crippen LogP contribution in [0, 0.1) is 0 Å². The maximum Gasteiger partial charge on any atom is 0.295 e. The molecular weight excluding hydrogens is 368 g/mol. The first kappa shape index (κ1) is 19.4. The zero-order valence-electron chi connectivity index (χ0n) is 16.2. The molecule has 6 nitrogen and oxygen atoms in total. The van der Waals surface area contributed by atoms with E-state index in [9.17, 15) is 14.7 Å². The molecule has 2 aliphatic heterocycles. The summed E-state index contributed by atoms with van der Waals surface area (Å²) in [6, 6.07) is 17.7. The van der Waals surface area contributed by atoms with E-state index in [-0.39, 0.29) is 11.3 Å². The van der Waals surface area contributed by atoms with Crippen molar-refractivity contribution in [3.05, 3.63) is 77.4 Å². The Morgan fingerprint density at radius 1 is 0.931 bits per heavy atom. The molecular formula is C23H24N2O4. The second kappa shape index (κ2) is 8.59. The number of carbonyl (C=O) groups excluding carboxylic acids is 2. The van der Waals surface area contributed by atoms with Gasteiger partial charge >= 0.3 is 0 Å². The van der Waals surface area contributed by atoms with E-state index in [1.165, 1.54) is 0 Å². The number of hydrogen-bond acceptors (Lipinski definition) is 5. The second-order valence-electron chi connectivity index (χ2n) is 7.22. The van der Waals surface area contributed by atoms with Gasteiger partial charge in [-0.05, 0) is 5.56 Å². The van der Waals surface area contributed by atoms with Gasteiger partial charge in [-0.1, -0.05) is 60.7 Å². The Morgan fingerprint density at radius 2 is 1.55 bits per heavy atom. The van der Waals surface area contributed by atoms with E-state index in [4.69, 9.17) is 4.74 Å². The monoisotopic (exact) mass is 392 g/mol. The Hall–Kier alpha value is -2.96. The lowest BCUT2D eigenvalue weighted by atomic mass is 9.95. The van der Waals surface area contributed by atoms with Crippen molar-refractivity contribution < 1.29 is 19.4 Å². The third-order valence-corrected chi connectivity index (χ3v) is 5.46. The van der Waals surface area contributed by atoms with Gasteiger partial charge in [0.2, 0.25) is 0 Å². The summed E-state index contributed by atoms with van der Waals surface area (Å²) in [6.07, 6.45) is 0. The van der Waals surface area contributed by atoms with Gasteiger partial charge in [0.25, 0.3) is 11.7 Å². The predicted molar refractivity (Wildman–Crippen MR) is 109 cm³/mol. The number of hydrogen-bond donors (Lipinski definition) is 1. The van der Waals surface area contributed by atoms with Crippen LogP contribution in [0.3, 0.4) is 0 Å². The first-order valence-electron chi connectivity index (χ1n) is 9.85. The Kier molecular flexibility index (Phi) is 5.74. The molecule has 0 spiro atoms. The van der Waals surface area contributed by atoms with Crippen LogP contribution in [0.1, 0.15) is 17.2 Å². The number of likely N-dealkylation sites (tertiary alicyclic amines) is 1. The predicted octanol–water partition coefficient (Wildman–Crippen LogP) is 2.44. The van der Waals surface area contributed by atoms with E-state index in [1.54, 1.807) is 29.2 Å². The number of Topliss-reactive ketones (excluding diaryl/α,β-unsaturated/α-hetero) is 1. The molecule has 0 aliphatic carbocycles. The molecule has 29 heavy (non-hydrogen) atoms. The minimum atomic E-state index is -0.637. The van der Waals surface area contributed by atoms with Gasteiger partial charge in [0.1, 0.15) is 5.76 Å². The molecule has 2 heterocycles. The molecule has 2 aromatic rings. The number of rotatable bonds is 5. The Balaban J connectivity index is 1.70. The van der Waals surface area contributed by atoms with Gasteiger partial charge in [-0.3, -0.25) is 14.5 Å². The van der Waals surface area contributed by atoms with Crippen LogP contribution >= 0.6 is 0 Å². The molecule has 1 amide bonds. The molecule has 0 unspecified atom stereocenters. The highest BCUT2D eigenvalue weighted by molar-refractivity contribution is 6.46. The highest BCUT2D eigenvalue weighted by Crippen LogP contribution is 2.39. The molecule has 4 rings (SSSR count). The first-order chi connectivity index (χ1) is 14.2. The van der Waals surface area contributed by atoms with E-state index in [1.807, 2.05) is 36.4 Å². The number of morpholine rings is 1. The zero-order chi connectivity index (χ0) is 20.2. The molecule has 2 saturated heterocycles. The number of ether oxygens (including phenoxy) is 1. The first-order valence-corrected chi connectivity index (χ1v) is 9.85. The van der Waals surface area contributed by atoms with Gasteiger partial charge in [0, 0.05) is 31.7 Å². The van der Waals surface area contributed by atoms with E-state index >= 15 is 0 Å². The average molecular weight is 392 g/mol. The average Bonchev–Trinajstić information content (AvgIpc) is 3.04. The van der Waals surface area contributed by atoms with Crippen LogP contribution in [0.5, 0.6) is 0 Å². The minimum absolute atomic E-state index is 0.133. The van der Waals surface area contributed by atoms with Gasteiger partial charge in [-0.2, -0.15) is 0 Å². The topological polar surface area (TPSA) is 70.1 Å². The standard InChI is InChI=1S/C23H24N2O4/c26-21(18-9-5-2-6-10-18)19-20(17-7-3-1-4-8-17)25(23(28)22(19)27)12-11-24-13-15-29-16-14-24/h1-10,20,26H,11-16H2/t20-/m0/s1. The zero-order valence-corrected chi connectivity index (χ0v) is 16.2. The van der Waals surface area contributed by atoms with Crippen molar-refractivity contribution >= 4 is 17.4 Å². The molecule has 1 atom stereocenters. The van der Waals surface area contributed by atoms with Gasteiger partial charge < -0.3 is 14.7 Å². The number of amides is 1. The molecule has 6 heteroatoms. The van der Waals surface area contributed by atoms with E-state index < -0.39 is 17.7 Å². The van der Waals surface area contributed by atoms with E-state index in [0.29, 0.717) is 31.9 Å². The van der Waals surface area contributed by atoms with Crippen molar-refractivity contribution in [3.8, 4) is 0 Å². The molecule has 0 aromatic heterocycles. The fourth-order valence-electron chi connectivity index (χ4n) is 3.92. The maximum atomic E-state index is 12.9. The molecule has 0 saturated carbocycles. The van der Waals surface area contributed by atoms with Crippen molar-refractivity contribution in [2.75, 3.05) is 39.4 Å². The third kappa shape index (κ3) is 3.95. The Bertz CT molecular complexity index is 905. The molecule has 0 bridgehead atoms. The summed E-state index contributed by atoms with van der Waals surface area (Å²) in [5.74, 6) is -1.33. The summed E-state index contributed by atoms with van der Waals surface area (Å²) >= 11 is 0. The Morgan fingerprint density at radius 3 is 2.21 bits per heavy atom. The molecule has 2 aliphatic rings. The normalized spacial score (nSPS) is 22.2. The van der Waals surface area contributed by atoms with Crippen LogP contribution in [0.2, 0.25) is 0 Å². The number of carbonyl (C=O) groups is 2. The lowest BCUT2D eigenvalue weighted by Crippen LogP contribution is -2.42. The van der Waals surface area contributed by atoms with Crippen LogP contribution in [0.25, 0.3) is 5.76 Å². The molecule has 2 aromatic carbocycles. The second-order valence-corrected chi connectivity index (χ2v) is 7.22. The molecule has 1 N–H and O–H groups in total. The number of benzene rings is 2. The quantitative estimate of drug-likeness (QED) is 0.481. The lowest BCUT2D eigenvalue weighted by molar-refractivity contribution is -0.140. The lowest BCUT2D eigenvalue weighted by Gasteiger charge is -2.31. The summed E-state index contributed by atoms with van der Waals surface area (Å²) in [5, 5.41) is 10.9. The molecule has 0 radical (unpaired) electrons. The Labute approximate surface area is 170 Å². The van der Waals surface area contributed by atoms with E-state index in [0.717, 1.165) is 18.7 Å². The number of aliphatic hydroxyl groups excluding tert-OH is 1. The van der Waals surface area contributed by atoms with Crippen molar-refractivity contribution in [1.82, 2.24) is 9.80 Å². The van der Waals surface area contributed by atoms with Crippen LogP contribution in [0.4, 0.5) is 0 Å². The summed E-state index contributed by atoms with van der Waals surface area (Å²) in [6.45, 7) is 4.04. The van der Waals surface area contributed by atoms with Crippen LogP contribution in [0.15, 0.2) is 66.2 Å². The van der Waals surface area contributed by atoms with Crippen LogP contribution in [-0.2, 0) is 14.3 Å². The van der Waals surface area contributed by atoms with Gasteiger partial charge in [0.15, 0.2) is 0 Å². The van der Waals surface area contributed by atoms with Crippen molar-refractivity contribution in [3.63, 3.8) is 0 Å². The number of nitrogens with zero attached hydrogens (tertiary/aromatic N) is 2. The van der Waals surface area contributed by atoms with E-state index in [2.05, 4.69) is 4.90 Å². The van der Waals surface area contributed by atoms with Gasteiger partial charge in [-0.25, -0.2) is 0 Å². The highest BCUT2D eigenvalue weighted by Gasteiger charge is 2.45. The fraction of sp³-hybridized carbons (Fsp3) is 0.304. The smallest absolute Gasteiger partial charge is 0.295 e. The van der Waals surface area contributed by atoms with Gasteiger partial charge in [0.05, 0.1) is 24.8 Å². The minimum Gasteiger partial charge on any atom is -0.507 e. The van der Waals surface area contributed by atoms with Crippen LogP contribution < -0.4 is 0 Å². The summed E-state index contributed by atoms with van der Waals surface area (Å²) < 4.78 is 5.38. The third-order valence-electron chi connectivity index (χ3n) is 5.46. The van der Waals surface area contributed by atoms with Crippen molar-refractivity contribution in [2.24, 2.45) is 0 Å². The maximum absolute atomic E-state index is 12.9. The fourth-order valence-corrected chi connectivity index (χ4v) is 3.92. The molecule has 150 valence electrons. The number of aliphatic hydroxyl groups is 1.